The summed E-state index contributed by atoms with van der Waals surface area (Å²) < 4.78 is 27.6. The van der Waals surface area contributed by atoms with Crippen LogP contribution in [0.15, 0.2) is 17.6 Å². The second-order valence-electron chi connectivity index (χ2n) is 4.30. The summed E-state index contributed by atoms with van der Waals surface area (Å²) in [5, 5.41) is 12.8. The fourth-order valence-corrected chi connectivity index (χ4v) is 3.80. The van der Waals surface area contributed by atoms with Crippen molar-refractivity contribution in [1.82, 2.24) is 14.1 Å². The molecule has 1 aromatic rings. The first kappa shape index (κ1) is 16.4. The van der Waals surface area contributed by atoms with Crippen molar-refractivity contribution >= 4 is 16.0 Å². The van der Waals surface area contributed by atoms with Crippen molar-refractivity contribution in [3.8, 4) is 0 Å². The first-order valence-electron chi connectivity index (χ1n) is 6.12. The molecule has 0 spiro atoms. The second-order valence-corrected chi connectivity index (χ2v) is 6.17. The fraction of sp³-hybridized carbons (Fsp3) is 0.500. The van der Waals surface area contributed by atoms with E-state index in [-0.39, 0.29) is 18.0 Å². The molecule has 0 radical (unpaired) electrons. The lowest BCUT2D eigenvalue weighted by Gasteiger charge is -2.18. The maximum atomic E-state index is 12.6. The topological polar surface area (TPSA) is 92.5 Å². The Kier molecular flexibility index (Phi) is 5.07. The van der Waals surface area contributed by atoms with E-state index in [4.69, 9.17) is 5.11 Å². The standard InChI is InChI=1S/C12H19N3O4S/c1-5-7-14(6-2)20(18,19)12-9(3)13-15(10(12)4)8-11(16)17/h5H,1,6-8H2,2-4H3,(H,16,17). The van der Waals surface area contributed by atoms with Crippen molar-refractivity contribution in [3.63, 3.8) is 0 Å². The van der Waals surface area contributed by atoms with E-state index in [0.29, 0.717) is 17.9 Å². The Labute approximate surface area is 118 Å². The van der Waals surface area contributed by atoms with Crippen LogP contribution in [0.5, 0.6) is 0 Å². The molecule has 0 amide bonds. The van der Waals surface area contributed by atoms with E-state index < -0.39 is 16.0 Å². The molecule has 0 saturated heterocycles. The molecule has 0 aliphatic heterocycles. The van der Waals surface area contributed by atoms with Crippen LogP contribution in [-0.2, 0) is 21.4 Å². The molecule has 0 aromatic carbocycles. The van der Waals surface area contributed by atoms with Crippen LogP contribution < -0.4 is 0 Å². The Morgan fingerprint density at radius 3 is 2.55 bits per heavy atom. The van der Waals surface area contributed by atoms with Crippen LogP contribution >= 0.6 is 0 Å². The first-order valence-corrected chi connectivity index (χ1v) is 7.56. The van der Waals surface area contributed by atoms with Crippen LogP contribution in [0.4, 0.5) is 0 Å². The Bertz CT molecular complexity index is 619. The molecular weight excluding hydrogens is 282 g/mol. The van der Waals surface area contributed by atoms with Gasteiger partial charge in [-0.2, -0.15) is 9.40 Å². The number of aryl methyl sites for hydroxylation is 1. The highest BCUT2D eigenvalue weighted by Crippen LogP contribution is 2.23. The number of likely N-dealkylation sites (N-methyl/N-ethyl adjacent to an activating group) is 1. The summed E-state index contributed by atoms with van der Waals surface area (Å²) in [5.74, 6) is -1.07. The lowest BCUT2D eigenvalue weighted by molar-refractivity contribution is -0.137. The lowest BCUT2D eigenvalue weighted by atomic mass is 10.4. The van der Waals surface area contributed by atoms with Crippen molar-refractivity contribution < 1.29 is 18.3 Å². The summed E-state index contributed by atoms with van der Waals surface area (Å²) in [6.07, 6.45) is 1.51. The van der Waals surface area contributed by atoms with Gasteiger partial charge < -0.3 is 5.11 Å². The van der Waals surface area contributed by atoms with E-state index in [1.54, 1.807) is 20.8 Å². The van der Waals surface area contributed by atoms with Gasteiger partial charge in [0.1, 0.15) is 11.4 Å². The summed E-state index contributed by atoms with van der Waals surface area (Å²) in [7, 11) is -3.70. The molecule has 0 fully saturated rings. The number of carboxylic acid groups (broad SMARTS) is 1. The van der Waals surface area contributed by atoms with Gasteiger partial charge in [0.2, 0.25) is 10.0 Å². The summed E-state index contributed by atoms with van der Waals surface area (Å²) in [4.78, 5) is 10.8. The number of hydrogen-bond donors (Lipinski definition) is 1. The minimum atomic E-state index is -3.70. The van der Waals surface area contributed by atoms with Crippen LogP contribution in [0, 0.1) is 13.8 Å². The average molecular weight is 301 g/mol. The van der Waals surface area contributed by atoms with Gasteiger partial charge in [0.25, 0.3) is 0 Å². The minimum absolute atomic E-state index is 0.0717. The molecule has 0 saturated carbocycles. The van der Waals surface area contributed by atoms with Gasteiger partial charge in [0, 0.05) is 13.1 Å². The molecule has 8 heteroatoms. The molecule has 20 heavy (non-hydrogen) atoms. The maximum absolute atomic E-state index is 12.6. The van der Waals surface area contributed by atoms with E-state index in [1.165, 1.54) is 15.1 Å². The predicted octanol–water partition coefficient (Wildman–Crippen LogP) is 0.781. The highest BCUT2D eigenvalue weighted by molar-refractivity contribution is 7.89. The molecular formula is C12H19N3O4S. The van der Waals surface area contributed by atoms with Crippen molar-refractivity contribution in [2.45, 2.75) is 32.2 Å². The monoisotopic (exact) mass is 301 g/mol. The summed E-state index contributed by atoms with van der Waals surface area (Å²) in [6, 6.07) is 0. The van der Waals surface area contributed by atoms with Crippen LogP contribution in [0.3, 0.4) is 0 Å². The Balaban J connectivity index is 3.35. The zero-order chi connectivity index (χ0) is 15.5. The molecule has 0 aliphatic carbocycles. The Hall–Kier alpha value is -1.67. The van der Waals surface area contributed by atoms with Gasteiger partial charge in [-0.25, -0.2) is 8.42 Å². The molecule has 7 nitrogen and oxygen atoms in total. The summed E-state index contributed by atoms with van der Waals surface area (Å²) >= 11 is 0. The molecule has 0 bridgehead atoms. The number of aromatic nitrogens is 2. The van der Waals surface area contributed by atoms with E-state index in [2.05, 4.69) is 11.7 Å². The Morgan fingerprint density at radius 2 is 2.10 bits per heavy atom. The van der Waals surface area contributed by atoms with Crippen LogP contribution in [-0.4, -0.2) is 46.7 Å². The van der Waals surface area contributed by atoms with E-state index in [0.717, 1.165) is 0 Å². The van der Waals surface area contributed by atoms with Gasteiger partial charge in [0.05, 0.1) is 11.4 Å². The SMILES string of the molecule is C=CCN(CC)S(=O)(=O)c1c(C)nn(CC(=O)O)c1C. The van der Waals surface area contributed by atoms with Crippen molar-refractivity contribution in [3.05, 3.63) is 24.0 Å². The molecule has 1 heterocycles. The quantitative estimate of drug-likeness (QED) is 0.751. The van der Waals surface area contributed by atoms with Gasteiger partial charge in [-0.05, 0) is 13.8 Å². The average Bonchev–Trinajstić information content (AvgIpc) is 2.60. The summed E-state index contributed by atoms with van der Waals surface area (Å²) in [5.41, 5.74) is 0.624. The third-order valence-electron chi connectivity index (χ3n) is 2.88. The second kappa shape index (κ2) is 6.19. The molecule has 1 rings (SSSR count). The van der Waals surface area contributed by atoms with Gasteiger partial charge >= 0.3 is 5.97 Å². The van der Waals surface area contributed by atoms with Crippen LogP contribution in [0.25, 0.3) is 0 Å². The number of rotatable bonds is 7. The smallest absolute Gasteiger partial charge is 0.325 e. The number of aliphatic carboxylic acids is 1. The van der Waals surface area contributed by atoms with E-state index >= 15 is 0 Å². The molecule has 112 valence electrons. The molecule has 0 aliphatic rings. The first-order chi connectivity index (χ1) is 9.25. The minimum Gasteiger partial charge on any atom is -0.480 e. The normalized spacial score (nSPS) is 11.8. The summed E-state index contributed by atoms with van der Waals surface area (Å²) in [6.45, 7) is 8.51. The number of nitrogens with zero attached hydrogens (tertiary/aromatic N) is 3. The molecule has 0 unspecified atom stereocenters. The number of carboxylic acids is 1. The lowest BCUT2D eigenvalue weighted by Crippen LogP contribution is -2.31. The number of hydrogen-bond acceptors (Lipinski definition) is 4. The molecule has 1 aromatic heterocycles. The van der Waals surface area contributed by atoms with Crippen molar-refractivity contribution in [2.75, 3.05) is 13.1 Å². The van der Waals surface area contributed by atoms with Gasteiger partial charge in [0.15, 0.2) is 0 Å². The van der Waals surface area contributed by atoms with E-state index in [9.17, 15) is 13.2 Å². The molecule has 0 atom stereocenters. The maximum Gasteiger partial charge on any atom is 0.325 e. The predicted molar refractivity (Wildman–Crippen MR) is 74.0 cm³/mol. The van der Waals surface area contributed by atoms with Gasteiger partial charge in [-0.15, -0.1) is 6.58 Å². The van der Waals surface area contributed by atoms with Crippen molar-refractivity contribution in [2.24, 2.45) is 0 Å². The van der Waals surface area contributed by atoms with Gasteiger partial charge in [-0.3, -0.25) is 9.48 Å². The third kappa shape index (κ3) is 3.07. The molecule has 1 N–H and O–H groups in total. The van der Waals surface area contributed by atoms with Crippen LogP contribution in [0.2, 0.25) is 0 Å². The zero-order valence-corrected chi connectivity index (χ0v) is 12.6. The fourth-order valence-electron chi connectivity index (χ4n) is 2.01. The Morgan fingerprint density at radius 1 is 1.50 bits per heavy atom. The number of sulfonamides is 1. The zero-order valence-electron chi connectivity index (χ0n) is 11.8. The highest BCUT2D eigenvalue weighted by Gasteiger charge is 2.29. The highest BCUT2D eigenvalue weighted by atomic mass is 32.2. The van der Waals surface area contributed by atoms with Gasteiger partial charge in [-0.1, -0.05) is 13.0 Å². The van der Waals surface area contributed by atoms with Crippen molar-refractivity contribution in [1.29, 1.82) is 0 Å². The number of carbonyl (C=O) groups is 1. The van der Waals surface area contributed by atoms with Crippen LogP contribution in [0.1, 0.15) is 18.3 Å². The third-order valence-corrected chi connectivity index (χ3v) is 5.08. The largest absolute Gasteiger partial charge is 0.480 e. The van der Waals surface area contributed by atoms with E-state index in [1.807, 2.05) is 0 Å².